The van der Waals surface area contributed by atoms with Crippen molar-refractivity contribution < 1.29 is 24.2 Å². The van der Waals surface area contributed by atoms with Gasteiger partial charge in [0.05, 0.1) is 11.1 Å². The molecule has 1 saturated heterocycles. The summed E-state index contributed by atoms with van der Waals surface area (Å²) in [6, 6.07) is 3.36. The monoisotopic (exact) mass is 406 g/mol. The normalized spacial score (nSPS) is 19.9. The molecular formula is C20H27FN4O4. The predicted octanol–water partition coefficient (Wildman–Crippen LogP) is 2.77. The van der Waals surface area contributed by atoms with Crippen molar-refractivity contribution in [2.75, 3.05) is 6.54 Å². The number of carbonyl (C=O) groups is 2. The van der Waals surface area contributed by atoms with Crippen LogP contribution >= 0.6 is 0 Å². The van der Waals surface area contributed by atoms with Gasteiger partial charge in [0.1, 0.15) is 5.82 Å². The Hall–Kier alpha value is -2.68. The van der Waals surface area contributed by atoms with E-state index in [-0.39, 0.29) is 24.7 Å². The lowest BCUT2D eigenvalue weighted by Gasteiger charge is -2.27. The maximum Gasteiger partial charge on any atom is 0.407 e. The molecule has 0 radical (unpaired) electrons. The fourth-order valence-electron chi connectivity index (χ4n) is 3.95. The zero-order chi connectivity index (χ0) is 21.5. The van der Waals surface area contributed by atoms with Gasteiger partial charge in [0.25, 0.3) is 5.91 Å². The van der Waals surface area contributed by atoms with Gasteiger partial charge in [-0.15, -0.1) is 0 Å². The molecule has 2 heterocycles. The van der Waals surface area contributed by atoms with Crippen LogP contribution < -0.4 is 5.32 Å². The van der Waals surface area contributed by atoms with Crippen LogP contribution in [0.2, 0.25) is 0 Å². The molecule has 9 heteroatoms. The number of aromatic nitrogens is 2. The summed E-state index contributed by atoms with van der Waals surface area (Å²) < 4.78 is 15.4. The lowest BCUT2D eigenvalue weighted by Crippen LogP contribution is -2.40. The molecule has 158 valence electrons. The van der Waals surface area contributed by atoms with E-state index in [4.69, 9.17) is 0 Å². The van der Waals surface area contributed by atoms with Crippen LogP contribution in [0.5, 0.6) is 0 Å². The van der Waals surface area contributed by atoms with Gasteiger partial charge in [-0.3, -0.25) is 9.48 Å². The van der Waals surface area contributed by atoms with Crippen LogP contribution in [0.15, 0.2) is 18.2 Å². The Kier molecular flexibility index (Phi) is 5.53. The smallest absolute Gasteiger partial charge is 0.407 e. The predicted molar refractivity (Wildman–Crippen MR) is 105 cm³/mol. The molecule has 2 amide bonds. The molecule has 1 aromatic carbocycles. The van der Waals surface area contributed by atoms with Gasteiger partial charge in [0.2, 0.25) is 0 Å². The number of aliphatic hydroxyl groups is 1. The van der Waals surface area contributed by atoms with Crippen LogP contribution in [-0.2, 0) is 0 Å². The molecule has 2 atom stereocenters. The zero-order valence-corrected chi connectivity index (χ0v) is 17.0. The highest BCUT2D eigenvalue weighted by Gasteiger charge is 2.39. The van der Waals surface area contributed by atoms with Gasteiger partial charge in [0.15, 0.2) is 5.69 Å². The molecule has 0 bridgehead atoms. The van der Waals surface area contributed by atoms with Crippen LogP contribution in [0.25, 0.3) is 10.9 Å². The van der Waals surface area contributed by atoms with Gasteiger partial charge >= 0.3 is 6.09 Å². The second-order valence-electron chi connectivity index (χ2n) is 8.56. The van der Waals surface area contributed by atoms with Gasteiger partial charge < -0.3 is 20.4 Å². The van der Waals surface area contributed by atoms with Crippen molar-refractivity contribution in [3.05, 3.63) is 29.7 Å². The van der Waals surface area contributed by atoms with Crippen LogP contribution in [0, 0.1) is 5.82 Å². The number of amides is 2. The molecule has 2 aromatic rings. The lowest BCUT2D eigenvalue weighted by atomic mass is 9.97. The van der Waals surface area contributed by atoms with Crippen molar-refractivity contribution >= 4 is 22.9 Å². The van der Waals surface area contributed by atoms with Crippen molar-refractivity contribution in [1.29, 1.82) is 0 Å². The Morgan fingerprint density at radius 3 is 2.66 bits per heavy atom. The number of nitrogens with one attached hydrogen (secondary N) is 1. The number of hydrogen-bond acceptors (Lipinski definition) is 4. The maximum absolute atomic E-state index is 13.8. The first kappa shape index (κ1) is 21.0. The second-order valence-corrected chi connectivity index (χ2v) is 8.56. The van der Waals surface area contributed by atoms with Crippen molar-refractivity contribution in [3.8, 4) is 0 Å². The molecule has 1 aliphatic rings. The Labute approximate surface area is 168 Å². The third-order valence-electron chi connectivity index (χ3n) is 5.10. The summed E-state index contributed by atoms with van der Waals surface area (Å²) in [5, 5.41) is 27.2. The number of hydrogen-bond donors (Lipinski definition) is 3. The molecule has 1 aliphatic heterocycles. The maximum atomic E-state index is 13.8. The van der Waals surface area contributed by atoms with Crippen molar-refractivity contribution in [2.24, 2.45) is 0 Å². The summed E-state index contributed by atoms with van der Waals surface area (Å²) in [5.74, 6) is -0.933. The Balaban J connectivity index is 1.83. The van der Waals surface area contributed by atoms with Crippen molar-refractivity contribution in [2.45, 2.75) is 64.3 Å². The Bertz CT molecular complexity index is 934. The fraction of sp³-hybridized carbons (Fsp3) is 0.550. The van der Waals surface area contributed by atoms with Crippen LogP contribution in [0.4, 0.5) is 9.18 Å². The molecule has 1 fully saturated rings. The van der Waals surface area contributed by atoms with Gasteiger partial charge in [-0.25, -0.2) is 9.18 Å². The lowest BCUT2D eigenvalue weighted by molar-refractivity contribution is 0.0435. The molecular weight excluding hydrogens is 379 g/mol. The van der Waals surface area contributed by atoms with E-state index < -0.39 is 35.5 Å². The zero-order valence-electron chi connectivity index (χ0n) is 17.0. The first-order valence-corrected chi connectivity index (χ1v) is 9.67. The van der Waals surface area contributed by atoms with Crippen LogP contribution in [0.1, 0.15) is 57.1 Å². The van der Waals surface area contributed by atoms with Gasteiger partial charge in [-0.1, -0.05) is 0 Å². The van der Waals surface area contributed by atoms with Gasteiger partial charge in [-0.2, -0.15) is 5.10 Å². The highest BCUT2D eigenvalue weighted by molar-refractivity contribution is 6.05. The van der Waals surface area contributed by atoms with Crippen LogP contribution in [0.3, 0.4) is 0 Å². The molecule has 1 aromatic heterocycles. The van der Waals surface area contributed by atoms with Crippen molar-refractivity contribution in [1.82, 2.24) is 20.0 Å². The minimum Gasteiger partial charge on any atom is -0.465 e. The molecule has 0 unspecified atom stereocenters. The van der Waals surface area contributed by atoms with Crippen LogP contribution in [-0.4, -0.2) is 61.1 Å². The highest BCUT2D eigenvalue weighted by Crippen LogP contribution is 2.27. The summed E-state index contributed by atoms with van der Waals surface area (Å²) >= 11 is 0. The van der Waals surface area contributed by atoms with E-state index in [0.717, 1.165) is 0 Å². The van der Waals surface area contributed by atoms with E-state index in [1.807, 2.05) is 13.8 Å². The molecule has 0 aliphatic carbocycles. The van der Waals surface area contributed by atoms with E-state index in [0.29, 0.717) is 17.3 Å². The summed E-state index contributed by atoms with van der Waals surface area (Å²) in [6.45, 7) is 7.20. The second kappa shape index (κ2) is 7.62. The minimum atomic E-state index is -1.09. The van der Waals surface area contributed by atoms with E-state index in [2.05, 4.69) is 10.4 Å². The number of carboxylic acid groups (broad SMARTS) is 1. The SMILES string of the molecule is CC(C)n1nc(C(=O)N[C@H]2C[C@@H](CC(C)(C)O)N(C(=O)O)C2)c2cc(F)ccc21. The number of halogens is 1. The third-order valence-corrected chi connectivity index (χ3v) is 5.10. The number of carbonyl (C=O) groups excluding carboxylic acids is 1. The van der Waals surface area contributed by atoms with E-state index in [9.17, 15) is 24.2 Å². The standard InChI is InChI=1S/C20H27FN4O4/c1-11(2)25-16-6-5-12(21)7-15(16)17(23-25)18(26)22-13-8-14(9-20(3,4)29)24(10-13)19(27)28/h5-7,11,13-14,29H,8-10H2,1-4H3,(H,22,26)(H,27,28)/t13-,14-/m0/s1. The number of benzene rings is 1. The number of rotatable bonds is 5. The first-order valence-electron chi connectivity index (χ1n) is 9.67. The fourth-order valence-corrected chi connectivity index (χ4v) is 3.95. The number of fused-ring (bicyclic) bond motifs is 1. The quantitative estimate of drug-likeness (QED) is 0.708. The average Bonchev–Trinajstić information content (AvgIpc) is 3.14. The molecule has 8 nitrogen and oxygen atoms in total. The molecule has 29 heavy (non-hydrogen) atoms. The summed E-state index contributed by atoms with van der Waals surface area (Å²) in [4.78, 5) is 25.7. The summed E-state index contributed by atoms with van der Waals surface area (Å²) in [7, 11) is 0. The summed E-state index contributed by atoms with van der Waals surface area (Å²) in [5.41, 5.74) is -0.257. The largest absolute Gasteiger partial charge is 0.465 e. The molecule has 0 spiro atoms. The van der Waals surface area contributed by atoms with E-state index >= 15 is 0 Å². The van der Waals surface area contributed by atoms with Gasteiger partial charge in [-0.05, 0) is 58.7 Å². The summed E-state index contributed by atoms with van der Waals surface area (Å²) in [6.07, 6.45) is -0.436. The number of likely N-dealkylation sites (tertiary alicyclic amines) is 1. The molecule has 3 rings (SSSR count). The van der Waals surface area contributed by atoms with E-state index in [1.54, 1.807) is 24.6 Å². The highest BCUT2D eigenvalue weighted by atomic mass is 19.1. The Morgan fingerprint density at radius 2 is 2.07 bits per heavy atom. The number of nitrogens with zero attached hydrogens (tertiary/aromatic N) is 3. The van der Waals surface area contributed by atoms with E-state index in [1.165, 1.54) is 17.0 Å². The average molecular weight is 406 g/mol. The van der Waals surface area contributed by atoms with Crippen molar-refractivity contribution in [3.63, 3.8) is 0 Å². The first-order chi connectivity index (χ1) is 13.5. The topological polar surface area (TPSA) is 108 Å². The van der Waals surface area contributed by atoms with Gasteiger partial charge in [0, 0.05) is 30.1 Å². The third kappa shape index (κ3) is 4.50. The molecule has 3 N–H and O–H groups in total. The molecule has 0 saturated carbocycles. The minimum absolute atomic E-state index is 0.0188. The Morgan fingerprint density at radius 1 is 1.38 bits per heavy atom.